The summed E-state index contributed by atoms with van der Waals surface area (Å²) in [5.74, 6) is -1.23. The predicted molar refractivity (Wildman–Crippen MR) is 91.7 cm³/mol. The highest BCUT2D eigenvalue weighted by Gasteiger charge is 2.63. The average Bonchev–Trinajstić information content (AvgIpc) is 2.84. The van der Waals surface area contributed by atoms with E-state index in [1.54, 1.807) is 31.3 Å². The molecule has 1 spiro atoms. The quantitative estimate of drug-likeness (QED) is 0.763. The fourth-order valence-electron chi connectivity index (χ4n) is 4.23. The molecular weight excluding hydrogens is 336 g/mol. The molecule has 3 aliphatic rings. The lowest BCUT2D eigenvalue weighted by molar-refractivity contribution is -0.139. The van der Waals surface area contributed by atoms with Crippen molar-refractivity contribution in [2.24, 2.45) is 5.73 Å². The lowest BCUT2D eigenvalue weighted by atomic mass is 9.64. The van der Waals surface area contributed by atoms with Crippen LogP contribution in [0.25, 0.3) is 0 Å². The molecule has 7 heteroatoms. The first-order valence-corrected chi connectivity index (χ1v) is 8.35. The first-order chi connectivity index (χ1) is 12.4. The molecule has 4 rings (SSSR count). The molecule has 1 aliphatic carbocycles. The Morgan fingerprint density at radius 3 is 2.73 bits per heavy atom. The van der Waals surface area contributed by atoms with Gasteiger partial charge in [0.25, 0.3) is 0 Å². The van der Waals surface area contributed by atoms with Gasteiger partial charge in [0.2, 0.25) is 11.8 Å². The zero-order chi connectivity index (χ0) is 18.6. The third-order valence-corrected chi connectivity index (χ3v) is 5.28. The molecule has 0 saturated carbocycles. The standard InChI is InChI=1S/C19H18N2O5/c1-21-11-7-4-3-6-10(11)19(18(21)24)14-12(22)8-5-9-13(14)26-16(20)15(19)17(23)25-2/h3-4,6-7H,5,8-9,20H2,1-2H3/t19-/m1/s1. The number of amides is 1. The van der Waals surface area contributed by atoms with Gasteiger partial charge in [-0.2, -0.15) is 0 Å². The van der Waals surface area contributed by atoms with Gasteiger partial charge in [-0.05, 0) is 12.5 Å². The molecule has 1 amide bonds. The normalized spacial score (nSPS) is 24.6. The van der Waals surface area contributed by atoms with Crippen LogP contribution in [0.15, 0.2) is 47.1 Å². The van der Waals surface area contributed by atoms with E-state index >= 15 is 0 Å². The number of anilines is 1. The number of likely N-dealkylation sites (N-methyl/N-ethyl adjacent to an activating group) is 1. The van der Waals surface area contributed by atoms with Gasteiger partial charge in [-0.25, -0.2) is 4.79 Å². The number of allylic oxidation sites excluding steroid dienone is 1. The van der Waals surface area contributed by atoms with Crippen LogP contribution in [-0.2, 0) is 29.3 Å². The van der Waals surface area contributed by atoms with Crippen LogP contribution in [0.2, 0.25) is 0 Å². The summed E-state index contributed by atoms with van der Waals surface area (Å²) in [5.41, 5.74) is 5.70. The number of Topliss-reactive ketones (excluding diaryl/α,β-unsaturated/α-hetero) is 1. The van der Waals surface area contributed by atoms with E-state index in [9.17, 15) is 14.4 Å². The number of nitrogens with two attached hydrogens (primary N) is 1. The van der Waals surface area contributed by atoms with Gasteiger partial charge >= 0.3 is 5.97 Å². The van der Waals surface area contributed by atoms with E-state index in [0.717, 1.165) is 0 Å². The van der Waals surface area contributed by atoms with Crippen molar-refractivity contribution >= 4 is 23.3 Å². The van der Waals surface area contributed by atoms with Crippen molar-refractivity contribution in [3.05, 3.63) is 52.6 Å². The minimum atomic E-state index is -1.62. The van der Waals surface area contributed by atoms with Crippen LogP contribution in [0.3, 0.4) is 0 Å². The lowest BCUT2D eigenvalue weighted by Crippen LogP contribution is -2.50. The van der Waals surface area contributed by atoms with Gasteiger partial charge in [0, 0.05) is 31.1 Å². The minimum Gasteiger partial charge on any atom is -0.465 e. The fourth-order valence-corrected chi connectivity index (χ4v) is 4.23. The first kappa shape index (κ1) is 16.4. The highest BCUT2D eigenvalue weighted by Crippen LogP contribution is 2.55. The summed E-state index contributed by atoms with van der Waals surface area (Å²) in [6.45, 7) is 0. The van der Waals surface area contributed by atoms with Crippen molar-refractivity contribution < 1.29 is 23.9 Å². The Bertz CT molecular complexity index is 930. The van der Waals surface area contributed by atoms with Gasteiger partial charge in [0.15, 0.2) is 5.78 Å². The van der Waals surface area contributed by atoms with Crippen molar-refractivity contribution in [2.75, 3.05) is 19.1 Å². The van der Waals surface area contributed by atoms with Gasteiger partial charge in [-0.3, -0.25) is 9.59 Å². The molecule has 7 nitrogen and oxygen atoms in total. The smallest absolute Gasteiger partial charge is 0.340 e. The van der Waals surface area contributed by atoms with Gasteiger partial charge in [-0.15, -0.1) is 0 Å². The van der Waals surface area contributed by atoms with Crippen LogP contribution in [0.4, 0.5) is 5.69 Å². The summed E-state index contributed by atoms with van der Waals surface area (Å²) in [7, 11) is 2.82. The number of nitrogens with zero attached hydrogens (tertiary/aromatic N) is 1. The molecule has 2 N–H and O–H groups in total. The van der Waals surface area contributed by atoms with E-state index in [1.165, 1.54) is 12.0 Å². The maximum Gasteiger partial charge on any atom is 0.340 e. The number of fused-ring (bicyclic) bond motifs is 3. The number of hydrogen-bond acceptors (Lipinski definition) is 6. The Morgan fingerprint density at radius 2 is 2.00 bits per heavy atom. The van der Waals surface area contributed by atoms with Gasteiger partial charge < -0.3 is 20.1 Å². The summed E-state index contributed by atoms with van der Waals surface area (Å²) in [5, 5.41) is 0. The second-order valence-corrected chi connectivity index (χ2v) is 6.54. The minimum absolute atomic E-state index is 0.129. The van der Waals surface area contributed by atoms with Crippen molar-refractivity contribution in [3.63, 3.8) is 0 Å². The maximum atomic E-state index is 13.5. The molecule has 0 radical (unpaired) electrons. The maximum absolute atomic E-state index is 13.5. The molecule has 2 aliphatic heterocycles. The van der Waals surface area contributed by atoms with Crippen LogP contribution in [0.1, 0.15) is 24.8 Å². The van der Waals surface area contributed by atoms with Crippen LogP contribution >= 0.6 is 0 Å². The molecule has 26 heavy (non-hydrogen) atoms. The average molecular weight is 354 g/mol. The number of methoxy groups -OCH3 is 1. The zero-order valence-corrected chi connectivity index (χ0v) is 14.5. The van der Waals surface area contributed by atoms with E-state index in [2.05, 4.69) is 0 Å². The summed E-state index contributed by atoms with van der Waals surface area (Å²) < 4.78 is 10.5. The highest BCUT2D eigenvalue weighted by atomic mass is 16.5. The fraction of sp³-hybridized carbons (Fsp3) is 0.316. The molecule has 1 atom stereocenters. The lowest BCUT2D eigenvalue weighted by Gasteiger charge is -2.38. The zero-order valence-electron chi connectivity index (χ0n) is 14.5. The van der Waals surface area contributed by atoms with Gasteiger partial charge in [0.05, 0.1) is 12.7 Å². The SMILES string of the molecule is COC(=O)C1=C(N)OC2=C(C(=O)CCC2)[C@@]12C(=O)N(C)c1ccccc12. The second-order valence-electron chi connectivity index (χ2n) is 6.54. The van der Waals surface area contributed by atoms with Crippen LogP contribution in [0.5, 0.6) is 0 Å². The van der Waals surface area contributed by atoms with Crippen molar-refractivity contribution in [3.8, 4) is 0 Å². The molecule has 0 saturated heterocycles. The monoisotopic (exact) mass is 354 g/mol. The molecule has 134 valence electrons. The third-order valence-electron chi connectivity index (χ3n) is 5.28. The predicted octanol–water partition coefficient (Wildman–Crippen LogP) is 1.28. The molecule has 0 bridgehead atoms. The number of ketones is 1. The van der Waals surface area contributed by atoms with Gasteiger partial charge in [0.1, 0.15) is 16.7 Å². The number of benzene rings is 1. The third kappa shape index (κ3) is 1.80. The highest BCUT2D eigenvalue weighted by molar-refractivity contribution is 6.23. The van der Waals surface area contributed by atoms with Crippen molar-refractivity contribution in [2.45, 2.75) is 24.7 Å². The topological polar surface area (TPSA) is 98.9 Å². The number of carbonyl (C=O) groups excluding carboxylic acids is 3. The summed E-state index contributed by atoms with van der Waals surface area (Å²) in [6.07, 6.45) is 1.38. The summed E-state index contributed by atoms with van der Waals surface area (Å²) in [4.78, 5) is 40.5. The molecule has 0 aromatic heterocycles. The number of ether oxygens (including phenoxy) is 2. The van der Waals surface area contributed by atoms with Gasteiger partial charge in [-0.1, -0.05) is 18.2 Å². The number of rotatable bonds is 1. The largest absolute Gasteiger partial charge is 0.465 e. The summed E-state index contributed by atoms with van der Waals surface area (Å²) in [6, 6.07) is 7.08. The van der Waals surface area contributed by atoms with Crippen LogP contribution < -0.4 is 10.6 Å². The van der Waals surface area contributed by atoms with E-state index in [0.29, 0.717) is 29.9 Å². The number of hydrogen-bond donors (Lipinski definition) is 1. The Kier molecular flexibility index (Phi) is 3.44. The first-order valence-electron chi connectivity index (χ1n) is 8.35. The Labute approximate surface area is 150 Å². The Balaban J connectivity index is 2.14. The van der Waals surface area contributed by atoms with Crippen LogP contribution in [-0.4, -0.2) is 31.8 Å². The molecule has 1 aromatic rings. The second kappa shape index (κ2) is 5.45. The molecule has 1 aromatic carbocycles. The van der Waals surface area contributed by atoms with Crippen molar-refractivity contribution in [1.29, 1.82) is 0 Å². The van der Waals surface area contributed by atoms with E-state index in [-0.39, 0.29) is 29.2 Å². The Morgan fingerprint density at radius 1 is 1.27 bits per heavy atom. The van der Waals surface area contributed by atoms with Crippen LogP contribution in [0, 0.1) is 0 Å². The number of carbonyl (C=O) groups is 3. The molecule has 0 unspecified atom stereocenters. The molecule has 2 heterocycles. The Hall–Kier alpha value is -3.09. The van der Waals surface area contributed by atoms with Crippen molar-refractivity contribution in [1.82, 2.24) is 0 Å². The van der Waals surface area contributed by atoms with E-state index < -0.39 is 17.3 Å². The van der Waals surface area contributed by atoms with E-state index in [1.807, 2.05) is 0 Å². The number of esters is 1. The molecule has 0 fully saturated rings. The van der Waals surface area contributed by atoms with E-state index in [4.69, 9.17) is 15.2 Å². The summed E-state index contributed by atoms with van der Waals surface area (Å²) >= 11 is 0. The number of para-hydroxylation sites is 1. The molecular formula is C19H18N2O5.